The number of rotatable bonds is 3. The molecule has 0 aliphatic carbocycles. The van der Waals surface area contributed by atoms with Gasteiger partial charge in [-0.15, -0.1) is 0 Å². The standard InChI is InChI=1S/C12H11FN2O2/c1-7(12(16)17)9-6-14-15-11(9)8-4-2-3-5-10(8)13/h2-7H,1H3,(H,14,15)(H,16,17). The fourth-order valence-corrected chi connectivity index (χ4v) is 1.64. The van der Waals surface area contributed by atoms with Gasteiger partial charge in [-0.05, 0) is 19.1 Å². The number of nitrogens with zero attached hydrogens (tertiary/aromatic N) is 1. The highest BCUT2D eigenvalue weighted by atomic mass is 19.1. The fraction of sp³-hybridized carbons (Fsp3) is 0.167. The van der Waals surface area contributed by atoms with Crippen LogP contribution in [0.5, 0.6) is 0 Å². The molecular weight excluding hydrogens is 223 g/mol. The van der Waals surface area contributed by atoms with Crippen molar-refractivity contribution in [3.63, 3.8) is 0 Å². The molecule has 2 N–H and O–H groups in total. The van der Waals surface area contributed by atoms with Gasteiger partial charge in [0.2, 0.25) is 0 Å². The molecule has 88 valence electrons. The molecule has 5 heteroatoms. The molecule has 0 bridgehead atoms. The Labute approximate surface area is 97.1 Å². The summed E-state index contributed by atoms with van der Waals surface area (Å²) in [6.07, 6.45) is 1.42. The SMILES string of the molecule is CC(C(=O)O)c1cn[nH]c1-c1ccccc1F. The third-order valence-corrected chi connectivity index (χ3v) is 2.65. The summed E-state index contributed by atoms with van der Waals surface area (Å²) in [6.45, 7) is 1.54. The maximum atomic E-state index is 13.6. The van der Waals surface area contributed by atoms with Crippen LogP contribution in [0.3, 0.4) is 0 Å². The van der Waals surface area contributed by atoms with Crippen molar-refractivity contribution >= 4 is 5.97 Å². The number of carbonyl (C=O) groups is 1. The van der Waals surface area contributed by atoms with Crippen molar-refractivity contribution in [1.82, 2.24) is 10.2 Å². The van der Waals surface area contributed by atoms with Crippen LogP contribution in [0.1, 0.15) is 18.4 Å². The number of carboxylic acids is 1. The molecule has 2 rings (SSSR count). The van der Waals surface area contributed by atoms with Crippen molar-refractivity contribution in [3.8, 4) is 11.3 Å². The largest absolute Gasteiger partial charge is 0.481 e. The van der Waals surface area contributed by atoms with Crippen LogP contribution in [0.15, 0.2) is 30.5 Å². The van der Waals surface area contributed by atoms with Crippen LogP contribution >= 0.6 is 0 Å². The van der Waals surface area contributed by atoms with E-state index in [0.717, 1.165) is 0 Å². The summed E-state index contributed by atoms with van der Waals surface area (Å²) in [5.41, 5.74) is 1.22. The molecule has 1 atom stereocenters. The first kappa shape index (κ1) is 11.3. The molecule has 0 fully saturated rings. The van der Waals surface area contributed by atoms with Crippen LogP contribution in [0, 0.1) is 5.82 Å². The van der Waals surface area contributed by atoms with Crippen LogP contribution in [0.25, 0.3) is 11.3 Å². The van der Waals surface area contributed by atoms with Crippen LogP contribution < -0.4 is 0 Å². The van der Waals surface area contributed by atoms with Gasteiger partial charge < -0.3 is 5.11 Å². The number of hydrogen-bond donors (Lipinski definition) is 2. The molecule has 1 aromatic carbocycles. The molecule has 0 aliphatic rings. The zero-order valence-electron chi connectivity index (χ0n) is 9.14. The van der Waals surface area contributed by atoms with E-state index in [1.165, 1.54) is 19.2 Å². The zero-order chi connectivity index (χ0) is 12.4. The van der Waals surface area contributed by atoms with E-state index < -0.39 is 17.7 Å². The molecule has 0 aliphatic heterocycles. The lowest BCUT2D eigenvalue weighted by molar-refractivity contribution is -0.138. The van der Waals surface area contributed by atoms with Crippen molar-refractivity contribution in [1.29, 1.82) is 0 Å². The summed E-state index contributed by atoms with van der Waals surface area (Å²) in [5.74, 6) is -2.11. The predicted molar refractivity (Wildman–Crippen MR) is 60.0 cm³/mol. The first-order chi connectivity index (χ1) is 8.11. The Morgan fingerprint density at radius 2 is 2.18 bits per heavy atom. The van der Waals surface area contributed by atoms with Gasteiger partial charge in [-0.3, -0.25) is 9.89 Å². The van der Waals surface area contributed by atoms with Crippen molar-refractivity contribution in [2.24, 2.45) is 0 Å². The van der Waals surface area contributed by atoms with Crippen LogP contribution in [0.2, 0.25) is 0 Å². The van der Waals surface area contributed by atoms with E-state index >= 15 is 0 Å². The summed E-state index contributed by atoms with van der Waals surface area (Å²) < 4.78 is 13.6. The zero-order valence-corrected chi connectivity index (χ0v) is 9.14. The Morgan fingerprint density at radius 1 is 1.47 bits per heavy atom. The van der Waals surface area contributed by atoms with Crippen molar-refractivity contribution in [2.45, 2.75) is 12.8 Å². The van der Waals surface area contributed by atoms with E-state index in [1.807, 2.05) is 0 Å². The van der Waals surface area contributed by atoms with Gasteiger partial charge in [-0.2, -0.15) is 5.10 Å². The second-order valence-electron chi connectivity index (χ2n) is 3.74. The molecule has 0 saturated carbocycles. The highest BCUT2D eigenvalue weighted by Crippen LogP contribution is 2.28. The summed E-state index contributed by atoms with van der Waals surface area (Å²) in [6, 6.07) is 6.18. The fourth-order valence-electron chi connectivity index (χ4n) is 1.64. The number of benzene rings is 1. The van der Waals surface area contributed by atoms with E-state index in [4.69, 9.17) is 5.11 Å². The Bertz CT molecular complexity index is 551. The number of nitrogens with one attached hydrogen (secondary N) is 1. The smallest absolute Gasteiger partial charge is 0.310 e. The highest BCUT2D eigenvalue weighted by molar-refractivity contribution is 5.79. The molecule has 1 unspecified atom stereocenters. The molecule has 17 heavy (non-hydrogen) atoms. The first-order valence-electron chi connectivity index (χ1n) is 5.12. The van der Waals surface area contributed by atoms with Crippen LogP contribution in [-0.4, -0.2) is 21.3 Å². The maximum Gasteiger partial charge on any atom is 0.310 e. The first-order valence-corrected chi connectivity index (χ1v) is 5.12. The van der Waals surface area contributed by atoms with Crippen molar-refractivity contribution in [3.05, 3.63) is 41.8 Å². The molecule has 0 amide bonds. The minimum absolute atomic E-state index is 0.327. The van der Waals surface area contributed by atoms with E-state index in [1.54, 1.807) is 18.2 Å². The van der Waals surface area contributed by atoms with Crippen molar-refractivity contribution in [2.75, 3.05) is 0 Å². The maximum absolute atomic E-state index is 13.6. The second-order valence-corrected chi connectivity index (χ2v) is 3.74. The van der Waals surface area contributed by atoms with Gasteiger partial charge >= 0.3 is 5.97 Å². The molecule has 1 aromatic heterocycles. The van der Waals surface area contributed by atoms with Gasteiger partial charge in [0.15, 0.2) is 0 Å². The predicted octanol–water partition coefficient (Wildman–Crippen LogP) is 2.40. The van der Waals surface area contributed by atoms with Crippen LogP contribution in [0.4, 0.5) is 4.39 Å². The highest BCUT2D eigenvalue weighted by Gasteiger charge is 2.21. The molecule has 2 aromatic rings. The van der Waals surface area contributed by atoms with Gasteiger partial charge in [0.1, 0.15) is 5.82 Å². The molecule has 0 spiro atoms. The minimum atomic E-state index is -0.969. The Hall–Kier alpha value is -2.17. The van der Waals surface area contributed by atoms with Gasteiger partial charge in [0, 0.05) is 11.1 Å². The van der Waals surface area contributed by atoms with E-state index in [9.17, 15) is 9.18 Å². The van der Waals surface area contributed by atoms with Crippen molar-refractivity contribution < 1.29 is 14.3 Å². The Balaban J connectivity index is 2.51. The third-order valence-electron chi connectivity index (χ3n) is 2.65. The molecule has 4 nitrogen and oxygen atoms in total. The average Bonchev–Trinajstić information content (AvgIpc) is 2.77. The van der Waals surface area contributed by atoms with E-state index in [-0.39, 0.29) is 0 Å². The van der Waals surface area contributed by atoms with Gasteiger partial charge in [0.05, 0.1) is 17.8 Å². The topological polar surface area (TPSA) is 66.0 Å². The number of H-pyrrole nitrogens is 1. The number of hydrogen-bond acceptors (Lipinski definition) is 2. The quantitative estimate of drug-likeness (QED) is 0.857. The number of aromatic nitrogens is 2. The number of aromatic amines is 1. The average molecular weight is 234 g/mol. The number of aliphatic carboxylic acids is 1. The lowest BCUT2D eigenvalue weighted by Crippen LogP contribution is -2.07. The third kappa shape index (κ3) is 2.04. The Kier molecular flexibility index (Phi) is 2.91. The van der Waals surface area contributed by atoms with Gasteiger partial charge in [-0.25, -0.2) is 4.39 Å². The summed E-state index contributed by atoms with van der Waals surface area (Å²) >= 11 is 0. The number of halogens is 1. The van der Waals surface area contributed by atoms with Gasteiger partial charge in [0.25, 0.3) is 0 Å². The van der Waals surface area contributed by atoms with Crippen LogP contribution in [-0.2, 0) is 4.79 Å². The molecule has 0 saturated heterocycles. The monoisotopic (exact) mass is 234 g/mol. The lowest BCUT2D eigenvalue weighted by atomic mass is 9.98. The van der Waals surface area contributed by atoms with E-state index in [2.05, 4.69) is 10.2 Å². The molecular formula is C12H11FN2O2. The van der Waals surface area contributed by atoms with E-state index in [0.29, 0.717) is 16.8 Å². The summed E-state index contributed by atoms with van der Waals surface area (Å²) in [4.78, 5) is 10.9. The van der Waals surface area contributed by atoms with Gasteiger partial charge in [-0.1, -0.05) is 12.1 Å². The minimum Gasteiger partial charge on any atom is -0.481 e. The molecule has 1 heterocycles. The summed E-state index contributed by atoms with van der Waals surface area (Å²) in [5, 5.41) is 15.4. The summed E-state index contributed by atoms with van der Waals surface area (Å²) in [7, 11) is 0. The Morgan fingerprint density at radius 3 is 2.82 bits per heavy atom. The molecule has 0 radical (unpaired) electrons. The normalized spacial score (nSPS) is 12.4. The lowest BCUT2D eigenvalue weighted by Gasteiger charge is -2.07. The number of carboxylic acid groups (broad SMARTS) is 1. The second kappa shape index (κ2) is 4.37.